The van der Waals surface area contributed by atoms with Gasteiger partial charge in [0.15, 0.2) is 5.82 Å². The molecule has 33 heavy (non-hydrogen) atoms. The number of piperazine rings is 1. The van der Waals surface area contributed by atoms with Crippen molar-refractivity contribution in [3.63, 3.8) is 0 Å². The van der Waals surface area contributed by atoms with Crippen LogP contribution in [0.5, 0.6) is 0 Å². The van der Waals surface area contributed by atoms with E-state index in [-0.39, 0.29) is 11.7 Å². The Kier molecular flexibility index (Phi) is 6.07. The number of fused-ring (bicyclic) bond motifs is 1. The first kappa shape index (κ1) is 22.2. The molecule has 3 aliphatic heterocycles. The van der Waals surface area contributed by atoms with Gasteiger partial charge in [-0.05, 0) is 12.5 Å². The molecule has 1 atom stereocenters. The molecule has 10 nitrogen and oxygen atoms in total. The van der Waals surface area contributed by atoms with Gasteiger partial charge in [0, 0.05) is 38.9 Å². The van der Waals surface area contributed by atoms with Gasteiger partial charge in [0.05, 0.1) is 48.2 Å². The zero-order chi connectivity index (χ0) is 23.0. The van der Waals surface area contributed by atoms with Crippen molar-refractivity contribution in [3.8, 4) is 0 Å². The molecule has 2 saturated heterocycles. The van der Waals surface area contributed by atoms with Crippen LogP contribution >= 0.6 is 11.6 Å². The second kappa shape index (κ2) is 9.00. The molecule has 2 aromatic heterocycles. The monoisotopic (exact) mass is 474 g/mol. The third kappa shape index (κ3) is 4.34. The quantitative estimate of drug-likeness (QED) is 0.543. The summed E-state index contributed by atoms with van der Waals surface area (Å²) in [5.74, 6) is 0.492. The Morgan fingerprint density at radius 1 is 1.36 bits per heavy atom. The van der Waals surface area contributed by atoms with Crippen LogP contribution in [0.4, 0.5) is 23.0 Å². The average molecular weight is 475 g/mol. The minimum atomic E-state index is -0.432. The van der Waals surface area contributed by atoms with Crippen LogP contribution in [-0.2, 0) is 11.3 Å². The van der Waals surface area contributed by atoms with E-state index >= 15 is 0 Å². The molecule has 0 aliphatic carbocycles. The van der Waals surface area contributed by atoms with Gasteiger partial charge in [-0.2, -0.15) is 5.10 Å². The molecule has 11 heteroatoms. The highest BCUT2D eigenvalue weighted by atomic mass is 35.5. The van der Waals surface area contributed by atoms with E-state index in [1.807, 2.05) is 6.07 Å². The van der Waals surface area contributed by atoms with Crippen molar-refractivity contribution >= 4 is 40.5 Å². The minimum Gasteiger partial charge on any atom is -0.381 e. The molecule has 0 aromatic carbocycles. The lowest BCUT2D eigenvalue weighted by Gasteiger charge is -2.43. The summed E-state index contributed by atoms with van der Waals surface area (Å²) in [6.07, 6.45) is 5.26. The van der Waals surface area contributed by atoms with E-state index in [0.29, 0.717) is 36.2 Å². The van der Waals surface area contributed by atoms with Gasteiger partial charge in [-0.1, -0.05) is 13.3 Å². The summed E-state index contributed by atoms with van der Waals surface area (Å²) in [6.45, 7) is 8.51. The maximum Gasteiger partial charge on any atom is 0.263 e. The van der Waals surface area contributed by atoms with Crippen molar-refractivity contribution in [2.75, 3.05) is 67.2 Å². The highest BCUT2D eigenvalue weighted by Gasteiger charge is 2.36. The number of pyridine rings is 1. The number of ether oxygens (including phenoxy) is 1. The molecule has 0 bridgehead atoms. The number of nitrogens with two attached hydrogens (primary N) is 1. The fourth-order valence-corrected chi connectivity index (χ4v) is 5.26. The molecule has 178 valence electrons. The van der Waals surface area contributed by atoms with Gasteiger partial charge in [-0.3, -0.25) is 14.7 Å². The largest absolute Gasteiger partial charge is 0.381 e. The van der Waals surface area contributed by atoms with Crippen molar-refractivity contribution in [2.45, 2.75) is 37.2 Å². The molecule has 5 heterocycles. The molecule has 0 spiro atoms. The van der Waals surface area contributed by atoms with E-state index in [4.69, 9.17) is 22.1 Å². The number of aromatic nitrogens is 3. The first-order chi connectivity index (χ1) is 16.0. The summed E-state index contributed by atoms with van der Waals surface area (Å²) >= 11 is 6.73. The normalized spacial score (nSPS) is 23.5. The van der Waals surface area contributed by atoms with E-state index < -0.39 is 4.87 Å². The smallest absolute Gasteiger partial charge is 0.263 e. The van der Waals surface area contributed by atoms with Gasteiger partial charge < -0.3 is 26.0 Å². The topological polar surface area (TPSA) is 114 Å². The van der Waals surface area contributed by atoms with Crippen LogP contribution < -0.4 is 21.3 Å². The number of anilines is 4. The molecule has 0 radical (unpaired) electrons. The van der Waals surface area contributed by atoms with Crippen LogP contribution in [0.15, 0.2) is 18.5 Å². The predicted octanol–water partition coefficient (Wildman–Crippen LogP) is 1.84. The van der Waals surface area contributed by atoms with Gasteiger partial charge in [0.25, 0.3) is 5.91 Å². The van der Waals surface area contributed by atoms with Crippen LogP contribution in [0.25, 0.3) is 0 Å². The fourth-order valence-electron chi connectivity index (χ4n) is 4.89. The summed E-state index contributed by atoms with van der Waals surface area (Å²) in [5, 5.41) is 10.7. The lowest BCUT2D eigenvalue weighted by atomic mass is 10.0. The van der Waals surface area contributed by atoms with Crippen molar-refractivity contribution in [1.82, 2.24) is 19.7 Å². The SMILES string of the molecule is CCCC1(Cl)CNc2c(C(=O)Nc3cnccc3N3CCN(C4COC4)CC3)c(N)nn2C1. The van der Waals surface area contributed by atoms with Crippen LogP contribution in [0.3, 0.4) is 0 Å². The van der Waals surface area contributed by atoms with E-state index in [0.717, 1.165) is 57.9 Å². The molecule has 1 unspecified atom stereocenters. The fraction of sp³-hybridized carbons (Fsp3) is 0.591. The molecule has 2 fully saturated rings. The number of halogens is 1. The summed E-state index contributed by atoms with van der Waals surface area (Å²) in [7, 11) is 0. The Hall–Kier alpha value is -2.56. The molecular formula is C22H31ClN8O2. The van der Waals surface area contributed by atoms with E-state index in [1.54, 1.807) is 17.1 Å². The average Bonchev–Trinajstić information content (AvgIpc) is 3.08. The number of hydrogen-bond donors (Lipinski definition) is 3. The van der Waals surface area contributed by atoms with Gasteiger partial charge in [-0.25, -0.2) is 4.68 Å². The molecule has 0 saturated carbocycles. The van der Waals surface area contributed by atoms with E-state index in [1.165, 1.54) is 0 Å². The Morgan fingerprint density at radius 2 is 2.15 bits per heavy atom. The second-order valence-corrected chi connectivity index (χ2v) is 9.88. The molecular weight excluding hydrogens is 444 g/mol. The summed E-state index contributed by atoms with van der Waals surface area (Å²) in [6, 6.07) is 2.48. The lowest BCUT2D eigenvalue weighted by molar-refractivity contribution is -0.0660. The third-order valence-corrected chi connectivity index (χ3v) is 7.19. The van der Waals surface area contributed by atoms with Crippen molar-refractivity contribution in [2.24, 2.45) is 0 Å². The first-order valence-electron chi connectivity index (χ1n) is 11.6. The van der Waals surface area contributed by atoms with Crippen LogP contribution in [0, 0.1) is 0 Å². The minimum absolute atomic E-state index is 0.189. The summed E-state index contributed by atoms with van der Waals surface area (Å²) in [4.78, 5) is 21.9. The zero-order valence-corrected chi connectivity index (χ0v) is 19.6. The number of alkyl halides is 1. The maximum atomic E-state index is 13.3. The first-order valence-corrected chi connectivity index (χ1v) is 12.0. The third-order valence-electron chi connectivity index (χ3n) is 6.75. The number of hydrogen-bond acceptors (Lipinski definition) is 8. The van der Waals surface area contributed by atoms with Crippen molar-refractivity contribution in [1.29, 1.82) is 0 Å². The second-order valence-electron chi connectivity index (χ2n) is 9.08. The van der Waals surface area contributed by atoms with Crippen LogP contribution in [0.1, 0.15) is 30.1 Å². The van der Waals surface area contributed by atoms with Gasteiger partial charge in [0.2, 0.25) is 0 Å². The van der Waals surface area contributed by atoms with Crippen LogP contribution in [0.2, 0.25) is 0 Å². The van der Waals surface area contributed by atoms with E-state index in [2.05, 4.69) is 37.4 Å². The lowest BCUT2D eigenvalue weighted by Crippen LogP contribution is -2.56. The molecule has 5 rings (SSSR count). The number of nitrogens with one attached hydrogen (secondary N) is 2. The summed E-state index contributed by atoms with van der Waals surface area (Å²) < 4.78 is 7.04. The number of carbonyl (C=O) groups excluding carboxylic acids is 1. The zero-order valence-electron chi connectivity index (χ0n) is 18.9. The number of nitrogens with zero attached hydrogens (tertiary/aromatic N) is 5. The Balaban J connectivity index is 1.31. The molecule has 2 aromatic rings. The highest BCUT2D eigenvalue weighted by Crippen LogP contribution is 2.35. The molecule has 4 N–H and O–H groups in total. The van der Waals surface area contributed by atoms with Crippen molar-refractivity contribution in [3.05, 3.63) is 24.0 Å². The van der Waals surface area contributed by atoms with Gasteiger partial charge >= 0.3 is 0 Å². The molecule has 3 aliphatic rings. The number of rotatable bonds is 6. The number of nitrogen functional groups attached to an aromatic ring is 1. The number of carbonyl (C=O) groups is 1. The van der Waals surface area contributed by atoms with Crippen LogP contribution in [-0.4, -0.2) is 82.4 Å². The summed E-state index contributed by atoms with van der Waals surface area (Å²) in [5.41, 5.74) is 8.13. The predicted molar refractivity (Wildman–Crippen MR) is 129 cm³/mol. The molecule has 1 amide bonds. The van der Waals surface area contributed by atoms with Crippen molar-refractivity contribution < 1.29 is 9.53 Å². The Bertz CT molecular complexity index is 1020. The Morgan fingerprint density at radius 3 is 2.85 bits per heavy atom. The Labute approximate surface area is 198 Å². The maximum absolute atomic E-state index is 13.3. The standard InChI is InChI=1S/C22H31ClN8O2/c1-2-4-22(23)13-26-20-18(19(24)28-31(20)14-22)21(32)27-16-10-25-5-3-17(16)30-8-6-29(7-9-30)15-11-33-12-15/h3,5,10,15,26H,2,4,6-9,11-14H2,1H3,(H2,24,28)(H,27,32). The van der Waals surface area contributed by atoms with Gasteiger partial charge in [0.1, 0.15) is 11.4 Å². The van der Waals surface area contributed by atoms with E-state index in [9.17, 15) is 4.79 Å². The number of amides is 1. The van der Waals surface area contributed by atoms with Gasteiger partial charge in [-0.15, -0.1) is 11.6 Å². The highest BCUT2D eigenvalue weighted by molar-refractivity contribution is 6.24.